The Kier molecular flexibility index (Phi) is 2.81. The maximum atomic E-state index is 12.9. The summed E-state index contributed by atoms with van der Waals surface area (Å²) < 4.78 is 12.9. The van der Waals surface area contributed by atoms with Crippen molar-refractivity contribution in [1.82, 2.24) is 9.97 Å². The van der Waals surface area contributed by atoms with Crippen LogP contribution in [0.15, 0.2) is 6.20 Å². The van der Waals surface area contributed by atoms with Gasteiger partial charge in [0.2, 0.25) is 5.28 Å². The molecule has 0 fully saturated rings. The number of nitrogens with zero attached hydrogens (tertiary/aromatic N) is 2. The van der Waals surface area contributed by atoms with Crippen molar-refractivity contribution < 1.29 is 4.39 Å². The van der Waals surface area contributed by atoms with Crippen LogP contribution in [0.1, 0.15) is 13.8 Å². The second-order valence-corrected chi connectivity index (χ2v) is 2.97. The first-order chi connectivity index (χ1) is 5.59. The molecule has 0 atom stereocenters. The van der Waals surface area contributed by atoms with Gasteiger partial charge < -0.3 is 5.32 Å². The third-order valence-electron chi connectivity index (χ3n) is 1.14. The van der Waals surface area contributed by atoms with Gasteiger partial charge in [-0.05, 0) is 25.4 Å². The van der Waals surface area contributed by atoms with Crippen LogP contribution in [0.25, 0.3) is 0 Å². The van der Waals surface area contributed by atoms with Crippen LogP contribution < -0.4 is 5.32 Å². The van der Waals surface area contributed by atoms with E-state index >= 15 is 0 Å². The Balaban J connectivity index is 2.90. The molecule has 1 heterocycles. The molecule has 0 unspecified atom stereocenters. The minimum atomic E-state index is -0.492. The van der Waals surface area contributed by atoms with Crippen LogP contribution in [-0.2, 0) is 0 Å². The Bertz CT molecular complexity index is 277. The zero-order chi connectivity index (χ0) is 9.14. The van der Waals surface area contributed by atoms with E-state index in [4.69, 9.17) is 11.6 Å². The quantitative estimate of drug-likeness (QED) is 0.724. The molecule has 12 heavy (non-hydrogen) atoms. The van der Waals surface area contributed by atoms with Crippen molar-refractivity contribution in [3.8, 4) is 0 Å². The molecule has 0 aliphatic rings. The predicted octanol–water partition coefficient (Wildman–Crippen LogP) is 2.09. The summed E-state index contributed by atoms with van der Waals surface area (Å²) in [6.07, 6.45) is 1.04. The number of anilines is 1. The summed E-state index contributed by atoms with van der Waals surface area (Å²) in [7, 11) is 0. The number of nitrogens with one attached hydrogen (secondary N) is 1. The average Bonchev–Trinajstić information content (AvgIpc) is 1.96. The van der Waals surface area contributed by atoms with Crippen LogP contribution in [0, 0.1) is 5.82 Å². The van der Waals surface area contributed by atoms with Gasteiger partial charge in [-0.2, -0.15) is 4.98 Å². The van der Waals surface area contributed by atoms with Crippen molar-refractivity contribution in [2.45, 2.75) is 19.9 Å². The Hall–Kier alpha value is -0.900. The van der Waals surface area contributed by atoms with Gasteiger partial charge in [-0.25, -0.2) is 9.37 Å². The van der Waals surface area contributed by atoms with E-state index in [1.165, 1.54) is 0 Å². The van der Waals surface area contributed by atoms with Crippen LogP contribution in [0.3, 0.4) is 0 Å². The van der Waals surface area contributed by atoms with Gasteiger partial charge in [-0.1, -0.05) is 0 Å². The second-order valence-electron chi connectivity index (χ2n) is 2.63. The molecular weight excluding hydrogens is 181 g/mol. The predicted molar refractivity (Wildman–Crippen MR) is 45.8 cm³/mol. The zero-order valence-corrected chi connectivity index (χ0v) is 7.56. The molecule has 0 aliphatic heterocycles. The molecule has 1 aromatic rings. The number of hydrogen-bond donors (Lipinski definition) is 1. The molecule has 3 nitrogen and oxygen atoms in total. The van der Waals surface area contributed by atoms with Crippen LogP contribution in [-0.4, -0.2) is 16.0 Å². The first-order valence-corrected chi connectivity index (χ1v) is 3.92. The molecule has 1 rings (SSSR count). The minimum absolute atomic E-state index is 0.0413. The third kappa shape index (κ3) is 2.30. The highest BCUT2D eigenvalue weighted by Crippen LogP contribution is 2.12. The first kappa shape index (κ1) is 9.19. The van der Waals surface area contributed by atoms with Crippen molar-refractivity contribution in [3.63, 3.8) is 0 Å². The minimum Gasteiger partial charge on any atom is -0.365 e. The van der Waals surface area contributed by atoms with Crippen LogP contribution in [0.5, 0.6) is 0 Å². The molecule has 0 saturated carbocycles. The number of hydrogen-bond acceptors (Lipinski definition) is 3. The standard InChI is InChI=1S/C7H9ClFN3/c1-4(2)11-6-5(9)3-10-7(8)12-6/h3-4H,1-2H3,(H,10,11,12). The van der Waals surface area contributed by atoms with Crippen LogP contribution in [0.2, 0.25) is 5.28 Å². The highest BCUT2D eigenvalue weighted by molar-refractivity contribution is 6.28. The largest absolute Gasteiger partial charge is 0.365 e. The van der Waals surface area contributed by atoms with Gasteiger partial charge in [-0.15, -0.1) is 0 Å². The van der Waals surface area contributed by atoms with Gasteiger partial charge in [-0.3, -0.25) is 0 Å². The van der Waals surface area contributed by atoms with Crippen LogP contribution >= 0.6 is 11.6 Å². The Morgan fingerprint density at radius 3 is 2.83 bits per heavy atom. The summed E-state index contributed by atoms with van der Waals surface area (Å²) in [5.41, 5.74) is 0. The Labute approximate surface area is 75.0 Å². The summed E-state index contributed by atoms with van der Waals surface area (Å²) in [6, 6.07) is 0.116. The van der Waals surface area contributed by atoms with Gasteiger partial charge in [0.15, 0.2) is 11.6 Å². The topological polar surface area (TPSA) is 37.8 Å². The summed E-state index contributed by atoms with van der Waals surface area (Å²) in [6.45, 7) is 3.77. The normalized spacial score (nSPS) is 10.4. The SMILES string of the molecule is CC(C)Nc1nc(Cl)ncc1F. The molecule has 0 amide bonds. The van der Waals surface area contributed by atoms with Crippen molar-refractivity contribution in [2.75, 3.05) is 5.32 Å². The van der Waals surface area contributed by atoms with E-state index in [2.05, 4.69) is 15.3 Å². The monoisotopic (exact) mass is 189 g/mol. The summed E-state index contributed by atoms with van der Waals surface area (Å²) >= 11 is 5.47. The molecule has 5 heteroatoms. The fraction of sp³-hybridized carbons (Fsp3) is 0.429. The maximum Gasteiger partial charge on any atom is 0.224 e. The van der Waals surface area contributed by atoms with E-state index in [1.807, 2.05) is 13.8 Å². The fourth-order valence-electron chi connectivity index (χ4n) is 0.720. The number of halogens is 2. The lowest BCUT2D eigenvalue weighted by Crippen LogP contribution is -2.12. The Morgan fingerprint density at radius 2 is 2.25 bits per heavy atom. The number of rotatable bonds is 2. The van der Waals surface area contributed by atoms with Gasteiger partial charge in [0.05, 0.1) is 6.20 Å². The maximum absolute atomic E-state index is 12.9. The highest BCUT2D eigenvalue weighted by atomic mass is 35.5. The van der Waals surface area contributed by atoms with E-state index in [0.29, 0.717) is 0 Å². The van der Waals surface area contributed by atoms with Crippen molar-refractivity contribution in [1.29, 1.82) is 0 Å². The highest BCUT2D eigenvalue weighted by Gasteiger charge is 2.05. The van der Waals surface area contributed by atoms with E-state index in [9.17, 15) is 4.39 Å². The van der Waals surface area contributed by atoms with E-state index in [1.54, 1.807) is 0 Å². The lowest BCUT2D eigenvalue weighted by atomic mass is 10.4. The van der Waals surface area contributed by atoms with Crippen molar-refractivity contribution in [3.05, 3.63) is 17.3 Å². The summed E-state index contributed by atoms with van der Waals surface area (Å²) in [4.78, 5) is 7.17. The van der Waals surface area contributed by atoms with Gasteiger partial charge in [0, 0.05) is 6.04 Å². The molecule has 66 valence electrons. The molecule has 1 N–H and O–H groups in total. The molecule has 0 spiro atoms. The van der Waals surface area contributed by atoms with E-state index < -0.39 is 5.82 Å². The van der Waals surface area contributed by atoms with Crippen molar-refractivity contribution >= 4 is 17.4 Å². The zero-order valence-electron chi connectivity index (χ0n) is 6.81. The van der Waals surface area contributed by atoms with Crippen LogP contribution in [0.4, 0.5) is 10.2 Å². The molecule has 0 aromatic carbocycles. The smallest absolute Gasteiger partial charge is 0.224 e. The van der Waals surface area contributed by atoms with Crippen molar-refractivity contribution in [2.24, 2.45) is 0 Å². The molecule has 0 saturated heterocycles. The lowest BCUT2D eigenvalue weighted by molar-refractivity contribution is 0.614. The van der Waals surface area contributed by atoms with Gasteiger partial charge in [0.25, 0.3) is 0 Å². The molecule has 0 radical (unpaired) electrons. The molecule has 1 aromatic heterocycles. The molecule has 0 aliphatic carbocycles. The van der Waals surface area contributed by atoms with Gasteiger partial charge in [0.1, 0.15) is 0 Å². The summed E-state index contributed by atoms with van der Waals surface area (Å²) in [5, 5.41) is 2.84. The van der Waals surface area contributed by atoms with Gasteiger partial charge >= 0.3 is 0 Å². The van der Waals surface area contributed by atoms with E-state index in [-0.39, 0.29) is 17.1 Å². The fourth-order valence-corrected chi connectivity index (χ4v) is 0.854. The number of aromatic nitrogens is 2. The lowest BCUT2D eigenvalue weighted by Gasteiger charge is -2.08. The molecule has 0 bridgehead atoms. The average molecular weight is 190 g/mol. The first-order valence-electron chi connectivity index (χ1n) is 3.54. The Morgan fingerprint density at radius 1 is 1.58 bits per heavy atom. The third-order valence-corrected chi connectivity index (χ3v) is 1.32. The summed E-state index contributed by atoms with van der Waals surface area (Å²) in [5.74, 6) is -0.349. The molecular formula is C7H9ClFN3. The van der Waals surface area contributed by atoms with E-state index in [0.717, 1.165) is 6.20 Å². The second kappa shape index (κ2) is 3.67.